The molecule has 0 radical (unpaired) electrons. The molecule has 0 aromatic heterocycles. The molecule has 0 saturated carbocycles. The third-order valence-corrected chi connectivity index (χ3v) is 4.28. The third-order valence-electron chi connectivity index (χ3n) is 4.28. The zero-order valence-corrected chi connectivity index (χ0v) is 21.1. The van der Waals surface area contributed by atoms with Crippen molar-refractivity contribution in [3.05, 3.63) is 0 Å². The number of carboxylic acid groups (broad SMARTS) is 2. The van der Waals surface area contributed by atoms with Crippen LogP contribution in [-0.4, -0.2) is 29.7 Å². The summed E-state index contributed by atoms with van der Waals surface area (Å²) in [6, 6.07) is 0. The van der Waals surface area contributed by atoms with Gasteiger partial charge in [0.05, 0.1) is 0 Å². The number of aliphatic carboxylic acids is 2. The maximum atomic E-state index is 9.28. The first kappa shape index (κ1) is 33.1. The number of hydrogen-bond donors (Lipinski definition) is 0. The molecule has 1 unspecified atom stereocenters. The predicted octanol–water partition coefficient (Wildman–Crippen LogP) is -3.99. The van der Waals surface area contributed by atoms with E-state index in [-0.39, 0.29) is 59.1 Å². The Labute approximate surface area is 202 Å². The Morgan fingerprint density at radius 2 is 1.29 bits per heavy atom. The first-order valence-electron chi connectivity index (χ1n) is 8.53. The molecule has 7 heteroatoms. The summed E-state index contributed by atoms with van der Waals surface area (Å²) in [5, 5.41) is 18.6. The molecule has 0 rings (SSSR count). The van der Waals surface area contributed by atoms with E-state index in [1.54, 1.807) is 0 Å². The van der Waals surface area contributed by atoms with Crippen LogP contribution in [0.3, 0.4) is 0 Å². The molecule has 1 atom stereocenters. The molecule has 4 nitrogen and oxygen atoms in total. The number of hydrogen-bond acceptors (Lipinski definition) is 4. The van der Waals surface area contributed by atoms with E-state index < -0.39 is 18.4 Å². The zero-order valence-electron chi connectivity index (χ0n) is 17.1. The van der Waals surface area contributed by atoms with Crippen molar-refractivity contribution in [2.75, 3.05) is 0 Å². The van der Waals surface area contributed by atoms with Gasteiger partial charge in [0.15, 0.2) is 0 Å². The van der Waals surface area contributed by atoms with Gasteiger partial charge >= 0.3 is 166 Å². The summed E-state index contributed by atoms with van der Waals surface area (Å²) in [4.78, 5) is 18.6. The van der Waals surface area contributed by atoms with Gasteiger partial charge in [-0.25, -0.2) is 0 Å². The second kappa shape index (κ2) is 20.8. The summed E-state index contributed by atoms with van der Waals surface area (Å²) < 4.78 is 0.545. The number of carbonyl (C=O) groups is 2. The van der Waals surface area contributed by atoms with Gasteiger partial charge < -0.3 is 19.8 Å². The van der Waals surface area contributed by atoms with Crippen molar-refractivity contribution in [3.8, 4) is 0 Å². The fraction of sp³-hybridized carbons (Fsp3) is 0.882. The van der Waals surface area contributed by atoms with Crippen LogP contribution in [0.4, 0.5) is 0 Å². The van der Waals surface area contributed by atoms with E-state index in [1.165, 1.54) is 51.4 Å². The first-order valence-corrected chi connectivity index (χ1v) is 8.53. The van der Waals surface area contributed by atoms with Crippen LogP contribution >= 0.6 is 0 Å². The van der Waals surface area contributed by atoms with Crippen LogP contribution in [0.25, 0.3) is 0 Å². The summed E-state index contributed by atoms with van der Waals surface area (Å²) in [6.07, 6.45) is 10.4. The summed E-state index contributed by atoms with van der Waals surface area (Å²) in [6.45, 7) is 9.39. The average Bonchev–Trinajstić information content (AvgIpc) is 2.36. The fourth-order valence-corrected chi connectivity index (χ4v) is 1.94. The van der Waals surface area contributed by atoms with E-state index in [9.17, 15) is 19.8 Å². The van der Waals surface area contributed by atoms with Gasteiger partial charge in [0, 0.05) is 18.4 Å². The van der Waals surface area contributed by atoms with Gasteiger partial charge in [-0.1, -0.05) is 0 Å². The van der Waals surface area contributed by atoms with Gasteiger partial charge in [0.2, 0.25) is 0 Å². The average molecular weight is 352 g/mol. The minimum Gasteiger partial charge on any atom is 1.00 e. The molecular weight excluding hydrogens is 321 g/mol. The van der Waals surface area contributed by atoms with Gasteiger partial charge in [0.1, 0.15) is 0 Å². The van der Waals surface area contributed by atoms with E-state index in [0.717, 1.165) is 5.92 Å². The molecule has 0 N–H and O–H groups in total. The Morgan fingerprint density at radius 3 is 1.58 bits per heavy atom. The number of carbonyl (C=O) groups excluding carboxylic acids is 2. The van der Waals surface area contributed by atoms with Crippen LogP contribution in [0.5, 0.6) is 0 Å². The van der Waals surface area contributed by atoms with E-state index in [4.69, 9.17) is 0 Å². The third kappa shape index (κ3) is 25.8. The largest absolute Gasteiger partial charge is 1.00 e. The smallest absolute Gasteiger partial charge is 1.00 e. The van der Waals surface area contributed by atoms with Crippen LogP contribution in [0, 0.1) is 5.92 Å². The molecule has 0 aliphatic carbocycles. The van der Waals surface area contributed by atoms with Gasteiger partial charge in [-0.2, -0.15) is 0 Å². The predicted molar refractivity (Wildman–Crippen MR) is 86.2 cm³/mol. The van der Waals surface area contributed by atoms with Gasteiger partial charge in [-0.05, 0) is 0 Å². The Bertz CT molecular complexity index is 299. The maximum Gasteiger partial charge on any atom is 1.00 e. The van der Waals surface area contributed by atoms with Gasteiger partial charge in [0.25, 0.3) is 0 Å². The molecular formula is C17H31LiNa2O4. The van der Waals surface area contributed by atoms with Crippen LogP contribution in [0.1, 0.15) is 85.5 Å². The number of carboxylic acids is 2. The molecule has 126 valence electrons. The van der Waals surface area contributed by atoms with Crippen molar-refractivity contribution in [3.63, 3.8) is 0 Å². The Morgan fingerprint density at radius 1 is 0.917 bits per heavy atom. The SMILES string of the molecule is O=C([O-])CC(=O)[O-].[Li][C](C)(CCCCCCCCC)C(C)C.[Na+].[Na+]. The second-order valence-corrected chi connectivity index (χ2v) is 6.94. The molecule has 0 bridgehead atoms. The van der Waals surface area contributed by atoms with Crippen molar-refractivity contribution in [1.29, 1.82) is 0 Å². The van der Waals surface area contributed by atoms with Crippen molar-refractivity contribution >= 4 is 29.7 Å². The second-order valence-electron chi connectivity index (χ2n) is 6.94. The zero-order chi connectivity index (χ0) is 17.6. The Balaban J connectivity index is -0.000000191. The molecule has 24 heavy (non-hydrogen) atoms. The molecule has 0 aliphatic heterocycles. The number of unbranched alkanes of at least 4 members (excludes halogenated alkanes) is 6. The van der Waals surface area contributed by atoms with Crippen LogP contribution in [0.15, 0.2) is 0 Å². The minimum absolute atomic E-state index is 0. The maximum absolute atomic E-state index is 9.28. The van der Waals surface area contributed by atoms with Crippen LogP contribution in [-0.2, 0) is 9.59 Å². The first-order chi connectivity index (χ1) is 10.1. The van der Waals surface area contributed by atoms with E-state index in [1.807, 2.05) is 0 Å². The normalized spacial score (nSPS) is 12.1. The molecule has 0 amide bonds. The van der Waals surface area contributed by atoms with Crippen molar-refractivity contribution in [2.45, 2.75) is 89.6 Å². The van der Waals surface area contributed by atoms with Crippen LogP contribution < -0.4 is 69.3 Å². The minimum atomic E-state index is -1.63. The molecule has 0 aromatic rings. The topological polar surface area (TPSA) is 80.3 Å². The molecule has 0 spiro atoms. The molecule has 0 aromatic carbocycles. The molecule has 0 fully saturated rings. The van der Waals surface area contributed by atoms with Crippen LogP contribution in [0.2, 0.25) is 4.09 Å². The molecule has 0 aliphatic rings. The van der Waals surface area contributed by atoms with Gasteiger partial charge in [-0.15, -0.1) is 0 Å². The molecule has 0 heterocycles. The standard InChI is InChI=1S/C14H29.C3H4O4.Li.2Na/c1-5-6-7-8-9-10-11-12-14(4)13(2)3;4-2(5)1-3(6)7;;;/h13H,5-12H2,1-4H3;1H2,(H,4,5)(H,6,7);;;/q;;;2*+1/p-2. The van der Waals surface area contributed by atoms with E-state index in [2.05, 4.69) is 45.4 Å². The summed E-state index contributed by atoms with van der Waals surface area (Å²) in [7, 11) is 0. The summed E-state index contributed by atoms with van der Waals surface area (Å²) >= 11 is 2.41. The van der Waals surface area contributed by atoms with Crippen molar-refractivity contribution in [1.82, 2.24) is 0 Å². The Kier molecular flexibility index (Phi) is 28.8. The van der Waals surface area contributed by atoms with E-state index >= 15 is 0 Å². The summed E-state index contributed by atoms with van der Waals surface area (Å²) in [5.41, 5.74) is 0. The Hall–Kier alpha value is 1.54. The monoisotopic (exact) mass is 352 g/mol. The summed E-state index contributed by atoms with van der Waals surface area (Å²) in [5.74, 6) is -2.43. The van der Waals surface area contributed by atoms with Crippen molar-refractivity contribution in [2.24, 2.45) is 5.92 Å². The van der Waals surface area contributed by atoms with E-state index in [0.29, 0.717) is 4.09 Å². The quantitative estimate of drug-likeness (QED) is 0.216. The van der Waals surface area contributed by atoms with Crippen molar-refractivity contribution < 1.29 is 78.9 Å². The molecule has 0 saturated heterocycles. The number of rotatable bonds is 11. The van der Waals surface area contributed by atoms with Gasteiger partial charge in [-0.3, -0.25) is 0 Å². The fourth-order valence-electron chi connectivity index (χ4n) is 1.94.